The SMILES string of the molecule is CC(=O)c1cccc(NC(=O)C23CCC(=O)N2c2ccccc2C(=O)N3)c1. The monoisotopic (exact) mass is 363 g/mol. The fraction of sp³-hybridized carbons (Fsp3) is 0.200. The van der Waals surface area contributed by atoms with Crippen LogP contribution >= 0.6 is 0 Å². The zero-order valence-corrected chi connectivity index (χ0v) is 14.6. The lowest BCUT2D eigenvalue weighted by Crippen LogP contribution is -2.68. The third kappa shape index (κ3) is 2.59. The molecule has 4 rings (SSSR count). The van der Waals surface area contributed by atoms with E-state index in [0.29, 0.717) is 22.5 Å². The van der Waals surface area contributed by atoms with Crippen molar-refractivity contribution in [2.75, 3.05) is 10.2 Å². The van der Waals surface area contributed by atoms with Gasteiger partial charge >= 0.3 is 0 Å². The molecule has 7 nitrogen and oxygen atoms in total. The highest BCUT2D eigenvalue weighted by molar-refractivity contribution is 6.18. The average Bonchev–Trinajstić information content (AvgIpc) is 3.00. The van der Waals surface area contributed by atoms with E-state index in [0.717, 1.165) is 0 Å². The van der Waals surface area contributed by atoms with Crippen molar-refractivity contribution in [2.45, 2.75) is 25.4 Å². The summed E-state index contributed by atoms with van der Waals surface area (Å²) in [5.74, 6) is -1.27. The van der Waals surface area contributed by atoms with Crippen LogP contribution in [0, 0.1) is 0 Å². The van der Waals surface area contributed by atoms with Crippen LogP contribution in [0.3, 0.4) is 0 Å². The van der Waals surface area contributed by atoms with Gasteiger partial charge in [0.05, 0.1) is 11.3 Å². The molecule has 0 aromatic heterocycles. The van der Waals surface area contributed by atoms with E-state index in [1.807, 2.05) is 0 Å². The van der Waals surface area contributed by atoms with Gasteiger partial charge in [0.2, 0.25) is 11.6 Å². The molecule has 1 atom stereocenters. The predicted octanol–water partition coefficient (Wildman–Crippen LogP) is 2.09. The summed E-state index contributed by atoms with van der Waals surface area (Å²) in [7, 11) is 0. The van der Waals surface area contributed by atoms with Gasteiger partial charge in [-0.2, -0.15) is 0 Å². The highest BCUT2D eigenvalue weighted by Gasteiger charge is 2.56. The minimum Gasteiger partial charge on any atom is -0.322 e. The molecule has 1 fully saturated rings. The summed E-state index contributed by atoms with van der Waals surface area (Å²) in [6.07, 6.45) is 0.319. The first-order valence-corrected chi connectivity index (χ1v) is 8.59. The molecule has 2 aromatic carbocycles. The molecule has 0 saturated carbocycles. The normalized spacial score (nSPS) is 20.6. The topological polar surface area (TPSA) is 95.6 Å². The molecule has 1 unspecified atom stereocenters. The van der Waals surface area contributed by atoms with Gasteiger partial charge in [-0.25, -0.2) is 0 Å². The fourth-order valence-electron chi connectivity index (χ4n) is 3.62. The van der Waals surface area contributed by atoms with Crippen LogP contribution in [-0.4, -0.2) is 29.2 Å². The van der Waals surface area contributed by atoms with Crippen LogP contribution in [0.5, 0.6) is 0 Å². The Balaban J connectivity index is 1.72. The quantitative estimate of drug-likeness (QED) is 0.817. The van der Waals surface area contributed by atoms with E-state index in [2.05, 4.69) is 10.6 Å². The number of anilines is 2. The molecule has 2 aliphatic rings. The predicted molar refractivity (Wildman–Crippen MR) is 98.4 cm³/mol. The van der Waals surface area contributed by atoms with Crippen LogP contribution in [0.25, 0.3) is 0 Å². The Morgan fingerprint density at radius 2 is 1.89 bits per heavy atom. The number of nitrogens with zero attached hydrogens (tertiary/aromatic N) is 1. The van der Waals surface area contributed by atoms with Crippen LogP contribution in [-0.2, 0) is 9.59 Å². The van der Waals surface area contributed by atoms with Crippen molar-refractivity contribution in [3.05, 3.63) is 59.7 Å². The lowest BCUT2D eigenvalue weighted by molar-refractivity contribution is -0.124. The number of ketones is 1. The second-order valence-corrected chi connectivity index (χ2v) is 6.65. The maximum Gasteiger partial charge on any atom is 0.271 e. The molecule has 136 valence electrons. The number of amides is 3. The molecule has 27 heavy (non-hydrogen) atoms. The smallest absolute Gasteiger partial charge is 0.271 e. The molecule has 0 bridgehead atoms. The van der Waals surface area contributed by atoms with Crippen molar-refractivity contribution >= 4 is 34.9 Å². The first-order valence-electron chi connectivity index (χ1n) is 8.59. The summed E-state index contributed by atoms with van der Waals surface area (Å²) in [5.41, 5.74) is 0.192. The number of Topliss-reactive ketones (excluding diaryl/α,β-unsaturated/α-hetero) is 1. The third-order valence-corrected chi connectivity index (χ3v) is 4.94. The molecular weight excluding hydrogens is 346 g/mol. The summed E-state index contributed by atoms with van der Waals surface area (Å²) < 4.78 is 0. The van der Waals surface area contributed by atoms with Gasteiger partial charge in [-0.15, -0.1) is 0 Å². The van der Waals surface area contributed by atoms with E-state index in [1.165, 1.54) is 11.8 Å². The highest BCUT2D eigenvalue weighted by Crippen LogP contribution is 2.39. The lowest BCUT2D eigenvalue weighted by Gasteiger charge is -2.41. The highest BCUT2D eigenvalue weighted by atomic mass is 16.2. The van der Waals surface area contributed by atoms with Gasteiger partial charge in [0.25, 0.3) is 11.8 Å². The van der Waals surface area contributed by atoms with E-state index in [-0.39, 0.29) is 24.5 Å². The average molecular weight is 363 g/mol. The van der Waals surface area contributed by atoms with Crippen LogP contribution in [0.1, 0.15) is 40.5 Å². The van der Waals surface area contributed by atoms with Gasteiger partial charge in [0.15, 0.2) is 5.78 Å². The van der Waals surface area contributed by atoms with E-state index in [4.69, 9.17) is 0 Å². The van der Waals surface area contributed by atoms with Crippen molar-refractivity contribution in [3.63, 3.8) is 0 Å². The lowest BCUT2D eigenvalue weighted by atomic mass is 9.98. The number of carbonyl (C=O) groups excluding carboxylic acids is 4. The van der Waals surface area contributed by atoms with Gasteiger partial charge in [0, 0.05) is 24.1 Å². The van der Waals surface area contributed by atoms with Crippen molar-refractivity contribution < 1.29 is 19.2 Å². The summed E-state index contributed by atoms with van der Waals surface area (Å²) in [6, 6.07) is 13.2. The Hall–Kier alpha value is -3.48. The molecule has 3 amide bonds. The van der Waals surface area contributed by atoms with Gasteiger partial charge in [-0.3, -0.25) is 24.1 Å². The van der Waals surface area contributed by atoms with Crippen LogP contribution in [0.2, 0.25) is 0 Å². The largest absolute Gasteiger partial charge is 0.322 e. The molecular formula is C20H17N3O4. The molecule has 1 saturated heterocycles. The molecule has 2 aromatic rings. The number of hydrogen-bond donors (Lipinski definition) is 2. The summed E-state index contributed by atoms with van der Waals surface area (Å²) in [4.78, 5) is 51.2. The summed E-state index contributed by atoms with van der Waals surface area (Å²) >= 11 is 0. The molecule has 7 heteroatoms. The zero-order chi connectivity index (χ0) is 19.2. The third-order valence-electron chi connectivity index (χ3n) is 4.94. The first kappa shape index (κ1) is 17.0. The van der Waals surface area contributed by atoms with Crippen molar-refractivity contribution in [2.24, 2.45) is 0 Å². The summed E-state index contributed by atoms with van der Waals surface area (Å²) in [6.45, 7) is 1.44. The van der Waals surface area contributed by atoms with Crippen molar-refractivity contribution in [1.82, 2.24) is 5.32 Å². The standard InChI is InChI=1S/C20H17N3O4/c1-12(24)13-5-4-6-14(11-13)21-19(27)20-10-9-17(25)23(20)16-8-3-2-7-15(16)18(26)22-20/h2-8,11H,9-10H2,1H3,(H,21,27)(H,22,26). The van der Waals surface area contributed by atoms with Gasteiger partial charge in [0.1, 0.15) is 0 Å². The number of carbonyl (C=O) groups is 4. The Morgan fingerprint density at radius 1 is 1.11 bits per heavy atom. The summed E-state index contributed by atoms with van der Waals surface area (Å²) in [5, 5.41) is 5.46. The fourth-order valence-corrected chi connectivity index (χ4v) is 3.62. The van der Waals surface area contributed by atoms with E-state index >= 15 is 0 Å². The van der Waals surface area contributed by atoms with Crippen LogP contribution < -0.4 is 15.5 Å². The second-order valence-electron chi connectivity index (χ2n) is 6.65. The molecule has 2 heterocycles. The van der Waals surface area contributed by atoms with E-state index in [9.17, 15) is 19.2 Å². The Kier molecular flexibility index (Phi) is 3.80. The molecule has 2 aliphatic heterocycles. The minimum absolute atomic E-state index is 0.123. The Labute approximate surface area is 155 Å². The van der Waals surface area contributed by atoms with Gasteiger partial charge in [-0.05, 0) is 31.2 Å². The number of nitrogens with one attached hydrogen (secondary N) is 2. The van der Waals surface area contributed by atoms with Crippen LogP contribution in [0.15, 0.2) is 48.5 Å². The molecule has 2 N–H and O–H groups in total. The van der Waals surface area contributed by atoms with Crippen molar-refractivity contribution in [1.29, 1.82) is 0 Å². The molecule has 0 aliphatic carbocycles. The number of para-hydroxylation sites is 1. The Bertz CT molecular complexity index is 1000. The van der Waals surface area contributed by atoms with Gasteiger partial charge in [-0.1, -0.05) is 24.3 Å². The maximum atomic E-state index is 13.1. The number of fused-ring (bicyclic) bond motifs is 3. The number of hydrogen-bond acceptors (Lipinski definition) is 4. The van der Waals surface area contributed by atoms with Crippen molar-refractivity contribution in [3.8, 4) is 0 Å². The Morgan fingerprint density at radius 3 is 2.67 bits per heavy atom. The van der Waals surface area contributed by atoms with Crippen LogP contribution in [0.4, 0.5) is 11.4 Å². The first-order chi connectivity index (χ1) is 12.9. The van der Waals surface area contributed by atoms with E-state index in [1.54, 1.807) is 48.5 Å². The molecule has 0 radical (unpaired) electrons. The maximum absolute atomic E-state index is 13.1. The number of rotatable bonds is 3. The van der Waals surface area contributed by atoms with Gasteiger partial charge < -0.3 is 10.6 Å². The van der Waals surface area contributed by atoms with E-state index < -0.39 is 17.5 Å². The minimum atomic E-state index is -1.48. The number of benzene rings is 2. The second kappa shape index (κ2) is 6.05. The zero-order valence-electron chi connectivity index (χ0n) is 14.6. The molecule has 0 spiro atoms.